The molecule has 1 aliphatic carbocycles. The van der Waals surface area contributed by atoms with Gasteiger partial charge in [-0.05, 0) is 19.8 Å². The Kier molecular flexibility index (Phi) is 4.25. The molecule has 2 aromatic rings. The van der Waals surface area contributed by atoms with Crippen LogP contribution in [0.2, 0.25) is 0 Å². The van der Waals surface area contributed by atoms with Gasteiger partial charge in [-0.1, -0.05) is 23.2 Å². The molecule has 3 rings (SSSR count). The second-order valence-corrected chi connectivity index (χ2v) is 6.46. The third-order valence-electron chi connectivity index (χ3n) is 3.62. The molecule has 0 amide bonds. The van der Waals surface area contributed by atoms with Gasteiger partial charge < -0.3 is 9.05 Å². The Labute approximate surface area is 126 Å². The highest BCUT2D eigenvalue weighted by Gasteiger charge is 2.18. The summed E-state index contributed by atoms with van der Waals surface area (Å²) in [7, 11) is 0. The molecule has 0 spiro atoms. The second-order valence-electron chi connectivity index (χ2n) is 5.17. The number of aryl methyl sites for hydroxylation is 1. The van der Waals surface area contributed by atoms with Gasteiger partial charge in [0.1, 0.15) is 17.3 Å². The van der Waals surface area contributed by atoms with E-state index in [2.05, 4.69) is 21.4 Å². The number of nitriles is 1. The van der Waals surface area contributed by atoms with Crippen LogP contribution in [-0.4, -0.2) is 20.5 Å². The van der Waals surface area contributed by atoms with Crippen LogP contribution < -0.4 is 0 Å². The zero-order chi connectivity index (χ0) is 14.7. The van der Waals surface area contributed by atoms with Gasteiger partial charge in [0.15, 0.2) is 11.6 Å². The van der Waals surface area contributed by atoms with E-state index in [1.54, 1.807) is 6.92 Å². The van der Waals surface area contributed by atoms with Crippen molar-refractivity contribution in [1.82, 2.24) is 15.3 Å². The van der Waals surface area contributed by atoms with E-state index in [-0.39, 0.29) is 0 Å². The van der Waals surface area contributed by atoms with Crippen LogP contribution in [0, 0.1) is 18.3 Å². The van der Waals surface area contributed by atoms with Gasteiger partial charge in [0, 0.05) is 5.25 Å². The molecule has 0 N–H and O–H groups in total. The number of thioether (sulfide) groups is 1. The number of rotatable bonds is 5. The van der Waals surface area contributed by atoms with Crippen LogP contribution >= 0.6 is 11.8 Å². The van der Waals surface area contributed by atoms with E-state index >= 15 is 0 Å². The molecule has 6 nitrogen and oxygen atoms in total. The van der Waals surface area contributed by atoms with Crippen LogP contribution in [0.15, 0.2) is 9.05 Å². The first kappa shape index (κ1) is 14.1. The Hall–Kier alpha value is -1.81. The zero-order valence-electron chi connectivity index (χ0n) is 11.8. The number of aromatic nitrogens is 3. The molecule has 110 valence electrons. The van der Waals surface area contributed by atoms with E-state index in [9.17, 15) is 0 Å². The zero-order valence-corrected chi connectivity index (χ0v) is 12.7. The topological polar surface area (TPSA) is 88.7 Å². The van der Waals surface area contributed by atoms with Crippen LogP contribution in [0.4, 0.5) is 0 Å². The highest BCUT2D eigenvalue weighted by molar-refractivity contribution is 7.99. The maximum atomic E-state index is 9.06. The Bertz CT molecular complexity index is 652. The van der Waals surface area contributed by atoms with Crippen LogP contribution in [0.25, 0.3) is 0 Å². The smallest absolute Gasteiger partial charge is 0.232 e. The first-order valence-corrected chi connectivity index (χ1v) is 8.09. The highest BCUT2D eigenvalue weighted by atomic mass is 32.2. The summed E-state index contributed by atoms with van der Waals surface area (Å²) in [4.78, 5) is 4.36. The Morgan fingerprint density at radius 1 is 1.29 bits per heavy atom. The molecule has 1 fully saturated rings. The van der Waals surface area contributed by atoms with Gasteiger partial charge in [-0.15, -0.1) is 0 Å². The van der Waals surface area contributed by atoms with Crippen molar-refractivity contribution < 1.29 is 9.05 Å². The van der Waals surface area contributed by atoms with E-state index in [1.165, 1.54) is 25.7 Å². The molecular weight excluding hydrogens is 288 g/mol. The molecule has 1 saturated carbocycles. The molecule has 2 heterocycles. The molecule has 0 unspecified atom stereocenters. The maximum absolute atomic E-state index is 9.06. The van der Waals surface area contributed by atoms with Crippen LogP contribution in [0.1, 0.15) is 54.4 Å². The summed E-state index contributed by atoms with van der Waals surface area (Å²) >= 11 is 1.90. The van der Waals surface area contributed by atoms with Gasteiger partial charge in [0.25, 0.3) is 0 Å². The molecule has 0 aliphatic heterocycles. The standard InChI is InChI=1S/C14H16N4O2S/c1-9-11(7-15)12(17-19-9)6-14-16-13(18-20-14)8-21-10-4-2-3-5-10/h10H,2-6,8H2,1H3. The van der Waals surface area contributed by atoms with E-state index in [0.29, 0.717) is 35.2 Å². The third-order valence-corrected chi connectivity index (χ3v) is 4.99. The summed E-state index contributed by atoms with van der Waals surface area (Å²) in [6, 6.07) is 2.08. The van der Waals surface area contributed by atoms with E-state index in [0.717, 1.165) is 11.0 Å². The van der Waals surface area contributed by atoms with Crippen molar-refractivity contribution in [2.24, 2.45) is 0 Å². The third kappa shape index (κ3) is 3.27. The van der Waals surface area contributed by atoms with Crippen LogP contribution in [0.3, 0.4) is 0 Å². The quantitative estimate of drug-likeness (QED) is 0.838. The molecule has 0 aromatic carbocycles. The molecule has 0 radical (unpaired) electrons. The summed E-state index contributed by atoms with van der Waals surface area (Å²) in [5.74, 6) is 2.48. The molecule has 0 atom stereocenters. The van der Waals surface area contributed by atoms with Gasteiger partial charge in [-0.3, -0.25) is 0 Å². The minimum absolute atomic E-state index is 0.335. The fourth-order valence-corrected chi connectivity index (χ4v) is 3.66. The van der Waals surface area contributed by atoms with Crippen molar-refractivity contribution in [3.05, 3.63) is 28.7 Å². The number of hydrogen-bond acceptors (Lipinski definition) is 7. The summed E-state index contributed by atoms with van der Waals surface area (Å²) in [5.41, 5.74) is 1.00. The van der Waals surface area contributed by atoms with E-state index < -0.39 is 0 Å². The summed E-state index contributed by atoms with van der Waals surface area (Å²) < 4.78 is 10.2. The maximum Gasteiger partial charge on any atom is 0.232 e. The van der Waals surface area contributed by atoms with Crippen molar-refractivity contribution in [3.8, 4) is 6.07 Å². The van der Waals surface area contributed by atoms with Crippen LogP contribution in [-0.2, 0) is 12.2 Å². The van der Waals surface area contributed by atoms with Gasteiger partial charge >= 0.3 is 0 Å². The minimum Gasteiger partial charge on any atom is -0.360 e. The molecule has 21 heavy (non-hydrogen) atoms. The number of nitrogens with zero attached hydrogens (tertiary/aromatic N) is 4. The highest BCUT2D eigenvalue weighted by Crippen LogP contribution is 2.31. The van der Waals surface area contributed by atoms with Crippen molar-refractivity contribution in [1.29, 1.82) is 5.26 Å². The van der Waals surface area contributed by atoms with Crippen molar-refractivity contribution in [2.45, 2.75) is 50.0 Å². The lowest BCUT2D eigenvalue weighted by Gasteiger charge is -2.04. The lowest BCUT2D eigenvalue weighted by Crippen LogP contribution is -1.96. The van der Waals surface area contributed by atoms with E-state index in [1.807, 2.05) is 11.8 Å². The normalized spacial score (nSPS) is 15.4. The molecular formula is C14H16N4O2S. The van der Waals surface area contributed by atoms with Gasteiger partial charge in [-0.25, -0.2) is 0 Å². The average molecular weight is 304 g/mol. The van der Waals surface area contributed by atoms with Crippen molar-refractivity contribution in [2.75, 3.05) is 0 Å². The second kappa shape index (κ2) is 6.31. The van der Waals surface area contributed by atoms with Gasteiger partial charge in [-0.2, -0.15) is 22.0 Å². The predicted octanol–water partition coefficient (Wildman–Crippen LogP) is 3.00. The SMILES string of the molecule is Cc1onc(Cc2nc(CSC3CCCC3)no2)c1C#N. The molecule has 0 saturated heterocycles. The molecule has 1 aliphatic rings. The first-order valence-electron chi connectivity index (χ1n) is 7.04. The molecule has 0 bridgehead atoms. The number of hydrogen-bond donors (Lipinski definition) is 0. The van der Waals surface area contributed by atoms with Crippen molar-refractivity contribution in [3.63, 3.8) is 0 Å². The Morgan fingerprint density at radius 3 is 2.86 bits per heavy atom. The summed E-state index contributed by atoms with van der Waals surface area (Å²) in [6.07, 6.45) is 5.58. The lowest BCUT2D eigenvalue weighted by molar-refractivity contribution is 0.369. The monoisotopic (exact) mass is 304 g/mol. The fraction of sp³-hybridized carbons (Fsp3) is 0.571. The molecule has 7 heteroatoms. The lowest BCUT2D eigenvalue weighted by atomic mass is 10.2. The largest absolute Gasteiger partial charge is 0.360 e. The van der Waals surface area contributed by atoms with E-state index in [4.69, 9.17) is 14.3 Å². The van der Waals surface area contributed by atoms with Gasteiger partial charge in [0.05, 0.1) is 12.2 Å². The summed E-state index contributed by atoms with van der Waals surface area (Å²) in [6.45, 7) is 1.71. The predicted molar refractivity (Wildman–Crippen MR) is 76.6 cm³/mol. The van der Waals surface area contributed by atoms with Crippen molar-refractivity contribution >= 4 is 11.8 Å². The average Bonchev–Trinajstić information content (AvgIpc) is 3.19. The Balaban J connectivity index is 1.60. The minimum atomic E-state index is 0.335. The fourth-order valence-electron chi connectivity index (χ4n) is 2.49. The van der Waals surface area contributed by atoms with Crippen LogP contribution in [0.5, 0.6) is 0 Å². The molecule has 2 aromatic heterocycles. The summed E-state index contributed by atoms with van der Waals surface area (Å²) in [5, 5.41) is 17.6. The first-order chi connectivity index (χ1) is 10.3. The Morgan fingerprint density at radius 2 is 2.10 bits per heavy atom. The van der Waals surface area contributed by atoms with Gasteiger partial charge in [0.2, 0.25) is 5.89 Å².